The molecule has 1 saturated heterocycles. The number of halogens is 3. The van der Waals surface area contributed by atoms with E-state index in [9.17, 15) is 13.6 Å². The first-order chi connectivity index (χ1) is 8.95. The molecule has 0 N–H and O–H groups in total. The van der Waals surface area contributed by atoms with E-state index in [2.05, 4.69) is 4.74 Å². The predicted molar refractivity (Wildman–Crippen MR) is 67.3 cm³/mol. The third kappa shape index (κ3) is 4.76. The molecule has 1 heterocycles. The van der Waals surface area contributed by atoms with Crippen LogP contribution in [0.15, 0.2) is 18.2 Å². The molecule has 1 aromatic carbocycles. The van der Waals surface area contributed by atoms with Crippen LogP contribution in [-0.2, 0) is 9.53 Å². The van der Waals surface area contributed by atoms with Gasteiger partial charge >= 0.3 is 0 Å². The van der Waals surface area contributed by atoms with Crippen molar-refractivity contribution < 1.29 is 23.0 Å². The summed E-state index contributed by atoms with van der Waals surface area (Å²) in [4.78, 5) is 10.4. The molecule has 0 amide bonds. The average Bonchev–Trinajstić information content (AvgIpc) is 2.80. The molecule has 2 rings (SSSR count). The lowest BCUT2D eigenvalue weighted by atomic mass is 10.2. The zero-order chi connectivity index (χ0) is 14.4. The van der Waals surface area contributed by atoms with Gasteiger partial charge in [0.1, 0.15) is 6.10 Å². The van der Waals surface area contributed by atoms with E-state index < -0.39 is 11.6 Å². The Morgan fingerprint density at radius 3 is 2.47 bits per heavy atom. The van der Waals surface area contributed by atoms with Crippen molar-refractivity contribution in [3.8, 4) is 5.75 Å². The van der Waals surface area contributed by atoms with E-state index in [4.69, 9.17) is 16.3 Å². The second-order valence-corrected chi connectivity index (χ2v) is 4.45. The molecule has 1 aliphatic heterocycles. The Morgan fingerprint density at radius 1 is 1.42 bits per heavy atom. The predicted octanol–water partition coefficient (Wildman–Crippen LogP) is 3.29. The maximum absolute atomic E-state index is 12.5. The highest BCUT2D eigenvalue weighted by molar-refractivity contribution is 6.64. The van der Waals surface area contributed by atoms with Crippen LogP contribution in [0.25, 0.3) is 0 Å². The van der Waals surface area contributed by atoms with Crippen molar-refractivity contribution in [3.05, 3.63) is 29.8 Å². The van der Waals surface area contributed by atoms with Crippen molar-refractivity contribution in [1.29, 1.82) is 0 Å². The van der Waals surface area contributed by atoms with Gasteiger partial charge in [0.15, 0.2) is 11.6 Å². The Labute approximate surface area is 115 Å². The second kappa shape index (κ2) is 7.40. The monoisotopic (exact) mass is 292 g/mol. The molecule has 0 aliphatic carbocycles. The summed E-state index contributed by atoms with van der Waals surface area (Å²) in [5.74, 6) is -1.90. The Balaban J connectivity index is 0.000000191. The third-order valence-corrected chi connectivity index (χ3v) is 2.86. The quantitative estimate of drug-likeness (QED) is 0.785. The second-order valence-electron chi connectivity index (χ2n) is 4.07. The first-order valence-electron chi connectivity index (χ1n) is 5.78. The zero-order valence-electron chi connectivity index (χ0n) is 10.7. The minimum atomic E-state index is -0.940. The van der Waals surface area contributed by atoms with Crippen LogP contribution < -0.4 is 4.74 Å². The maximum atomic E-state index is 12.5. The number of ether oxygens (including phenoxy) is 2. The third-order valence-electron chi connectivity index (χ3n) is 2.62. The van der Waals surface area contributed by atoms with Gasteiger partial charge in [-0.25, -0.2) is 4.39 Å². The lowest BCUT2D eigenvalue weighted by Crippen LogP contribution is -2.14. The van der Waals surface area contributed by atoms with Crippen LogP contribution >= 0.6 is 11.6 Å². The van der Waals surface area contributed by atoms with Crippen molar-refractivity contribution >= 4 is 16.8 Å². The Bertz CT molecular complexity index is 440. The summed E-state index contributed by atoms with van der Waals surface area (Å²) in [6.45, 7) is 1.94. The highest BCUT2D eigenvalue weighted by Crippen LogP contribution is 2.20. The normalized spacial score (nSPS) is 21.5. The smallest absolute Gasteiger partial charge is 0.250 e. The fourth-order valence-corrected chi connectivity index (χ4v) is 1.77. The molecular weight excluding hydrogens is 278 g/mol. The molecule has 6 heteroatoms. The molecule has 0 radical (unpaired) electrons. The molecule has 3 nitrogen and oxygen atoms in total. The van der Waals surface area contributed by atoms with Crippen LogP contribution in [0.5, 0.6) is 5.75 Å². The Hall–Kier alpha value is -1.20. The van der Waals surface area contributed by atoms with E-state index in [0.717, 1.165) is 18.9 Å². The number of benzene rings is 1. The number of carbonyl (C=O) groups is 1. The minimum Gasteiger partial charge on any atom is -0.494 e. The summed E-state index contributed by atoms with van der Waals surface area (Å²) in [5, 5.41) is -0.362. The van der Waals surface area contributed by atoms with E-state index in [1.165, 1.54) is 19.2 Å². The Kier molecular flexibility index (Phi) is 6.18. The summed E-state index contributed by atoms with van der Waals surface area (Å²) in [6, 6.07) is 3.79. The summed E-state index contributed by atoms with van der Waals surface area (Å²) in [7, 11) is 1.29. The van der Waals surface area contributed by atoms with Crippen molar-refractivity contribution in [1.82, 2.24) is 0 Å². The molecule has 1 aromatic rings. The average molecular weight is 293 g/mol. The molecule has 106 valence electrons. The van der Waals surface area contributed by atoms with Gasteiger partial charge in [-0.2, -0.15) is 4.39 Å². The fourth-order valence-electron chi connectivity index (χ4n) is 1.61. The van der Waals surface area contributed by atoms with Gasteiger partial charge < -0.3 is 9.47 Å². The van der Waals surface area contributed by atoms with E-state index >= 15 is 0 Å². The molecule has 0 saturated carbocycles. The molecular formula is C13H15ClF2O3. The summed E-state index contributed by atoms with van der Waals surface area (Å²) in [5.41, 5.74) is 0. The SMILES string of the molecule is CC1CCC(C(=O)Cl)O1.COc1cccc(F)c1F. The van der Waals surface area contributed by atoms with Crippen molar-refractivity contribution in [2.45, 2.75) is 32.0 Å². The molecule has 2 atom stereocenters. The number of hydrogen-bond donors (Lipinski definition) is 0. The van der Waals surface area contributed by atoms with Gasteiger partial charge in [0.2, 0.25) is 5.82 Å². The molecule has 19 heavy (non-hydrogen) atoms. The number of carbonyl (C=O) groups excluding carboxylic acids is 1. The molecule has 2 unspecified atom stereocenters. The minimum absolute atomic E-state index is 0.0694. The lowest BCUT2D eigenvalue weighted by Gasteiger charge is -2.03. The molecule has 0 spiro atoms. The maximum Gasteiger partial charge on any atom is 0.250 e. The fraction of sp³-hybridized carbons (Fsp3) is 0.462. The first kappa shape index (κ1) is 15.9. The standard InChI is InChI=1S/C7H6F2O.C6H9ClO2/c1-10-6-4-2-3-5(8)7(6)9;1-4-2-3-5(9-4)6(7)8/h2-4H,1H3;4-5H,2-3H2,1H3. The molecule has 0 aromatic heterocycles. The van der Waals surface area contributed by atoms with Crippen LogP contribution in [0.1, 0.15) is 19.8 Å². The largest absolute Gasteiger partial charge is 0.494 e. The first-order valence-corrected chi connectivity index (χ1v) is 6.16. The van der Waals surface area contributed by atoms with E-state index in [1.54, 1.807) is 0 Å². The molecule has 0 bridgehead atoms. The van der Waals surface area contributed by atoms with E-state index in [0.29, 0.717) is 0 Å². The topological polar surface area (TPSA) is 35.5 Å². The number of methoxy groups -OCH3 is 1. The number of rotatable bonds is 2. The summed E-state index contributed by atoms with van der Waals surface area (Å²) < 4.78 is 34.5. The van der Waals surface area contributed by atoms with Crippen LogP contribution in [0.3, 0.4) is 0 Å². The van der Waals surface area contributed by atoms with Crippen LogP contribution in [0, 0.1) is 11.6 Å². The highest BCUT2D eigenvalue weighted by atomic mass is 35.5. The summed E-state index contributed by atoms with van der Waals surface area (Å²) >= 11 is 5.19. The van der Waals surface area contributed by atoms with Gasteiger partial charge in [0, 0.05) is 0 Å². The van der Waals surface area contributed by atoms with Gasteiger partial charge in [-0.15, -0.1) is 0 Å². The Morgan fingerprint density at radius 2 is 2.11 bits per heavy atom. The highest BCUT2D eigenvalue weighted by Gasteiger charge is 2.26. The van der Waals surface area contributed by atoms with Crippen LogP contribution in [0.4, 0.5) is 8.78 Å². The lowest BCUT2D eigenvalue weighted by molar-refractivity contribution is -0.121. The zero-order valence-corrected chi connectivity index (χ0v) is 11.4. The van der Waals surface area contributed by atoms with Crippen molar-refractivity contribution in [2.24, 2.45) is 0 Å². The van der Waals surface area contributed by atoms with Crippen molar-refractivity contribution in [3.63, 3.8) is 0 Å². The number of hydrogen-bond acceptors (Lipinski definition) is 3. The van der Waals surface area contributed by atoms with Gasteiger partial charge in [-0.3, -0.25) is 4.79 Å². The molecule has 1 fully saturated rings. The molecule has 1 aliphatic rings. The van der Waals surface area contributed by atoms with Crippen LogP contribution in [0.2, 0.25) is 0 Å². The van der Waals surface area contributed by atoms with E-state index in [-0.39, 0.29) is 23.2 Å². The summed E-state index contributed by atoms with van der Waals surface area (Å²) in [6.07, 6.45) is 1.60. The van der Waals surface area contributed by atoms with Gasteiger partial charge in [-0.1, -0.05) is 6.07 Å². The van der Waals surface area contributed by atoms with Gasteiger partial charge in [-0.05, 0) is 43.5 Å². The van der Waals surface area contributed by atoms with Gasteiger partial charge in [0.25, 0.3) is 5.24 Å². The van der Waals surface area contributed by atoms with Crippen molar-refractivity contribution in [2.75, 3.05) is 7.11 Å². The van der Waals surface area contributed by atoms with Crippen LogP contribution in [-0.4, -0.2) is 24.6 Å². The van der Waals surface area contributed by atoms with E-state index in [1.807, 2.05) is 6.92 Å². The van der Waals surface area contributed by atoms with Gasteiger partial charge in [0.05, 0.1) is 13.2 Å².